The Morgan fingerprint density at radius 2 is 1.96 bits per heavy atom. The second-order valence-corrected chi connectivity index (χ2v) is 6.49. The van der Waals surface area contributed by atoms with Gasteiger partial charge < -0.3 is 14.6 Å². The van der Waals surface area contributed by atoms with Crippen molar-refractivity contribution in [2.75, 3.05) is 0 Å². The number of ether oxygens (including phenoxy) is 1. The fraction of sp³-hybridized carbons (Fsp3) is 0.389. The highest BCUT2D eigenvalue weighted by molar-refractivity contribution is 6.33. The Balaban J connectivity index is 2.06. The summed E-state index contributed by atoms with van der Waals surface area (Å²) in [5.74, 6) is -0.482. The summed E-state index contributed by atoms with van der Waals surface area (Å²) in [6.45, 7) is 7.23. The Morgan fingerprint density at radius 1 is 1.28 bits per heavy atom. The van der Waals surface area contributed by atoms with E-state index in [1.807, 2.05) is 13.8 Å². The summed E-state index contributed by atoms with van der Waals surface area (Å²) in [5, 5.41) is 6.84. The van der Waals surface area contributed by atoms with Gasteiger partial charge in [0.2, 0.25) is 0 Å². The van der Waals surface area contributed by atoms with Gasteiger partial charge in [-0.2, -0.15) is 0 Å². The number of aryl methyl sites for hydroxylation is 2. The van der Waals surface area contributed by atoms with Crippen LogP contribution in [0.15, 0.2) is 28.8 Å². The molecule has 0 aliphatic heterocycles. The van der Waals surface area contributed by atoms with E-state index in [1.165, 1.54) is 0 Å². The molecule has 0 bridgehead atoms. The van der Waals surface area contributed by atoms with E-state index in [-0.39, 0.29) is 12.5 Å². The highest BCUT2D eigenvalue weighted by atomic mass is 35.5. The molecular weight excluding hydrogens is 344 g/mol. The Morgan fingerprint density at radius 3 is 2.52 bits per heavy atom. The van der Waals surface area contributed by atoms with E-state index in [1.54, 1.807) is 38.1 Å². The third kappa shape index (κ3) is 4.60. The topological polar surface area (TPSA) is 81.4 Å². The summed E-state index contributed by atoms with van der Waals surface area (Å²) in [4.78, 5) is 24.8. The quantitative estimate of drug-likeness (QED) is 0.794. The lowest BCUT2D eigenvalue weighted by Gasteiger charge is -2.21. The van der Waals surface area contributed by atoms with Crippen molar-refractivity contribution in [1.29, 1.82) is 0 Å². The molecule has 2 aromatic rings. The Bertz CT molecular complexity index is 751. The number of carbonyl (C=O) groups excluding carboxylic acids is 2. The van der Waals surface area contributed by atoms with E-state index in [0.29, 0.717) is 22.0 Å². The molecule has 1 N–H and O–H groups in total. The maximum Gasteiger partial charge on any atom is 0.329 e. The number of benzene rings is 1. The molecule has 6 nitrogen and oxygen atoms in total. The normalized spacial score (nSPS) is 12.1. The lowest BCUT2D eigenvalue weighted by Crippen LogP contribution is -2.45. The summed E-state index contributed by atoms with van der Waals surface area (Å²) in [7, 11) is 0. The van der Waals surface area contributed by atoms with E-state index < -0.39 is 17.9 Å². The third-order valence-corrected chi connectivity index (χ3v) is 4.20. The van der Waals surface area contributed by atoms with Crippen LogP contribution in [0.3, 0.4) is 0 Å². The van der Waals surface area contributed by atoms with Crippen molar-refractivity contribution in [1.82, 2.24) is 10.5 Å². The monoisotopic (exact) mass is 364 g/mol. The van der Waals surface area contributed by atoms with Crippen LogP contribution >= 0.6 is 11.6 Å². The molecule has 0 saturated carbocycles. The Hall–Kier alpha value is -2.34. The third-order valence-electron chi connectivity index (χ3n) is 3.87. The molecule has 1 aromatic heterocycles. The van der Waals surface area contributed by atoms with Crippen LogP contribution in [0.4, 0.5) is 0 Å². The molecule has 7 heteroatoms. The molecule has 25 heavy (non-hydrogen) atoms. The number of nitrogens with one attached hydrogen (secondary N) is 1. The summed E-state index contributed by atoms with van der Waals surface area (Å²) < 4.78 is 10.4. The minimum Gasteiger partial charge on any atom is -0.459 e. The number of rotatable bonds is 6. The highest BCUT2D eigenvalue weighted by Gasteiger charge is 2.27. The van der Waals surface area contributed by atoms with Crippen molar-refractivity contribution in [3.8, 4) is 0 Å². The number of carbonyl (C=O) groups is 2. The predicted octanol–water partition coefficient (Wildman–Crippen LogP) is 3.44. The highest BCUT2D eigenvalue weighted by Crippen LogP contribution is 2.17. The van der Waals surface area contributed by atoms with Crippen LogP contribution in [-0.2, 0) is 16.1 Å². The van der Waals surface area contributed by atoms with Gasteiger partial charge in [0.15, 0.2) is 0 Å². The number of hydrogen-bond donors (Lipinski definition) is 1. The Kier molecular flexibility index (Phi) is 6.20. The van der Waals surface area contributed by atoms with Gasteiger partial charge in [-0.15, -0.1) is 0 Å². The second kappa shape index (κ2) is 8.16. The molecule has 0 unspecified atom stereocenters. The van der Waals surface area contributed by atoms with Crippen molar-refractivity contribution >= 4 is 23.5 Å². The van der Waals surface area contributed by atoms with Crippen LogP contribution in [-0.4, -0.2) is 23.1 Å². The van der Waals surface area contributed by atoms with Crippen LogP contribution in [0.2, 0.25) is 5.02 Å². The van der Waals surface area contributed by atoms with Crippen molar-refractivity contribution < 1.29 is 18.8 Å². The van der Waals surface area contributed by atoms with Crippen LogP contribution in [0.5, 0.6) is 0 Å². The van der Waals surface area contributed by atoms with Crippen LogP contribution in [0.1, 0.15) is 41.2 Å². The van der Waals surface area contributed by atoms with Crippen molar-refractivity contribution in [3.63, 3.8) is 0 Å². The molecule has 0 aliphatic carbocycles. The van der Waals surface area contributed by atoms with Gasteiger partial charge in [0.05, 0.1) is 21.8 Å². The van der Waals surface area contributed by atoms with E-state index in [9.17, 15) is 9.59 Å². The lowest BCUT2D eigenvalue weighted by molar-refractivity contribution is -0.148. The van der Waals surface area contributed by atoms with Gasteiger partial charge >= 0.3 is 5.97 Å². The van der Waals surface area contributed by atoms with E-state index in [4.69, 9.17) is 20.9 Å². The number of amides is 1. The van der Waals surface area contributed by atoms with Gasteiger partial charge in [-0.3, -0.25) is 4.79 Å². The first-order valence-electron chi connectivity index (χ1n) is 7.95. The van der Waals surface area contributed by atoms with Gasteiger partial charge in [-0.1, -0.05) is 42.7 Å². The molecule has 2 rings (SSSR count). The summed E-state index contributed by atoms with van der Waals surface area (Å²) >= 11 is 6.03. The minimum absolute atomic E-state index is 0.0468. The zero-order valence-corrected chi connectivity index (χ0v) is 15.4. The summed E-state index contributed by atoms with van der Waals surface area (Å²) in [6.07, 6.45) is 0. The van der Waals surface area contributed by atoms with E-state index in [2.05, 4.69) is 10.5 Å². The maximum atomic E-state index is 12.4. The molecule has 0 fully saturated rings. The van der Waals surface area contributed by atoms with Gasteiger partial charge in [0.1, 0.15) is 18.4 Å². The molecule has 1 amide bonds. The molecule has 0 aliphatic rings. The van der Waals surface area contributed by atoms with E-state index in [0.717, 1.165) is 5.56 Å². The first-order valence-corrected chi connectivity index (χ1v) is 8.32. The fourth-order valence-corrected chi connectivity index (χ4v) is 2.52. The van der Waals surface area contributed by atoms with Gasteiger partial charge in [0, 0.05) is 0 Å². The smallest absolute Gasteiger partial charge is 0.329 e. The first kappa shape index (κ1) is 19.0. The predicted molar refractivity (Wildman–Crippen MR) is 93.3 cm³/mol. The summed E-state index contributed by atoms with van der Waals surface area (Å²) in [6, 6.07) is 5.88. The average molecular weight is 365 g/mol. The number of nitrogens with zero attached hydrogens (tertiary/aromatic N) is 1. The van der Waals surface area contributed by atoms with Crippen LogP contribution in [0.25, 0.3) is 0 Å². The van der Waals surface area contributed by atoms with Gasteiger partial charge in [0.25, 0.3) is 5.91 Å². The molecule has 1 heterocycles. The largest absolute Gasteiger partial charge is 0.459 e. The minimum atomic E-state index is -0.788. The average Bonchev–Trinajstić information content (AvgIpc) is 2.88. The fourth-order valence-electron chi connectivity index (χ4n) is 2.30. The molecule has 0 saturated heterocycles. The number of hydrogen-bond acceptors (Lipinski definition) is 5. The zero-order chi connectivity index (χ0) is 18.6. The molecule has 134 valence electrons. The maximum absolute atomic E-state index is 12.4. The van der Waals surface area contributed by atoms with Crippen molar-refractivity contribution in [2.45, 2.75) is 40.3 Å². The zero-order valence-electron chi connectivity index (χ0n) is 14.6. The van der Waals surface area contributed by atoms with E-state index >= 15 is 0 Å². The molecule has 0 spiro atoms. The molecule has 1 atom stereocenters. The first-order chi connectivity index (χ1) is 11.8. The van der Waals surface area contributed by atoms with Crippen molar-refractivity contribution in [3.05, 3.63) is 51.9 Å². The number of aromatic nitrogens is 1. The van der Waals surface area contributed by atoms with Gasteiger partial charge in [-0.05, 0) is 31.9 Å². The molecule has 1 aromatic carbocycles. The Labute approximate surface area is 151 Å². The van der Waals surface area contributed by atoms with Crippen LogP contribution < -0.4 is 5.32 Å². The van der Waals surface area contributed by atoms with Crippen molar-refractivity contribution in [2.24, 2.45) is 5.92 Å². The molecular formula is C18H21ClN2O4. The number of esters is 1. The second-order valence-electron chi connectivity index (χ2n) is 6.09. The summed E-state index contributed by atoms with van der Waals surface area (Å²) in [5.41, 5.74) is 1.72. The number of halogens is 1. The lowest BCUT2D eigenvalue weighted by atomic mass is 10.0. The van der Waals surface area contributed by atoms with Gasteiger partial charge in [-0.25, -0.2) is 4.79 Å². The molecule has 0 radical (unpaired) electrons. The van der Waals surface area contributed by atoms with Crippen LogP contribution in [0, 0.1) is 19.8 Å². The SMILES string of the molecule is Cc1noc(C)c1COC(=O)[C@@H](NC(=O)c1ccccc1Cl)C(C)C. The standard InChI is InChI=1S/C18H21ClN2O4/c1-10(2)16(20-17(22)13-7-5-6-8-15(13)19)18(23)24-9-14-11(3)21-25-12(14)4/h5-8,10,16H,9H2,1-4H3,(H,20,22)/t16-/m0/s1.